The van der Waals surface area contributed by atoms with E-state index in [0.29, 0.717) is 5.92 Å². The van der Waals surface area contributed by atoms with E-state index < -0.39 is 0 Å². The van der Waals surface area contributed by atoms with E-state index in [2.05, 4.69) is 268 Å². The van der Waals surface area contributed by atoms with E-state index in [0.717, 1.165) is 25.7 Å². The maximum Gasteiger partial charge on any atom is 0.252 e. The number of nitrogens with zero attached hydrogens (tertiary/aromatic N) is 3. The van der Waals surface area contributed by atoms with Crippen molar-refractivity contribution in [2.75, 3.05) is 14.7 Å². The third-order valence-electron chi connectivity index (χ3n) is 22.3. The van der Waals surface area contributed by atoms with E-state index in [4.69, 9.17) is 0 Å². The van der Waals surface area contributed by atoms with E-state index in [1.54, 1.807) is 5.57 Å². The lowest BCUT2D eigenvalue weighted by atomic mass is 9.33. The zero-order chi connectivity index (χ0) is 57.9. The monoisotopic (exact) mass is 1070 g/mol. The van der Waals surface area contributed by atoms with Crippen molar-refractivity contribution in [1.82, 2.24) is 0 Å². The van der Waals surface area contributed by atoms with Crippen molar-refractivity contribution >= 4 is 62.9 Å². The molecule has 13 rings (SSSR count). The lowest BCUT2D eigenvalue weighted by Crippen LogP contribution is -2.62. The van der Waals surface area contributed by atoms with Crippen molar-refractivity contribution < 1.29 is 0 Å². The van der Waals surface area contributed by atoms with Crippen molar-refractivity contribution in [3.05, 3.63) is 165 Å². The van der Waals surface area contributed by atoms with E-state index in [1.807, 2.05) is 0 Å². The van der Waals surface area contributed by atoms with Gasteiger partial charge < -0.3 is 14.7 Å². The van der Waals surface area contributed by atoms with Gasteiger partial charge in [-0.25, -0.2) is 0 Å². The molecule has 3 aliphatic heterocycles. The lowest BCUT2D eigenvalue weighted by Gasteiger charge is -2.52. The first kappa shape index (κ1) is 54.5. The van der Waals surface area contributed by atoms with Crippen LogP contribution in [0.1, 0.15) is 215 Å². The molecule has 3 atom stereocenters. The first-order valence-corrected chi connectivity index (χ1v) is 31.4. The molecule has 4 heteroatoms. The van der Waals surface area contributed by atoms with Crippen LogP contribution in [-0.4, -0.2) is 12.3 Å². The predicted molar refractivity (Wildman–Crippen MR) is 351 cm³/mol. The van der Waals surface area contributed by atoms with Crippen LogP contribution >= 0.6 is 0 Å². The molecular formula is C77H94BN3. The SMILES string of the molecule is Cc1cc(C(C)(C)C)ccc1N1c2cc3c(cc2B2c4cc5c(cc4N(c4ccc(C(C)(C)C)cc4-c4ccccc4)c4cc(N6C7=C(CC(C(C)(C)C)C=C7)C7(C)CCCCC67C)cc1c42)C(C)(C)CC5(C)C)C(C)(C)CC3(C)C. The summed E-state index contributed by atoms with van der Waals surface area (Å²) in [5.41, 5.74) is 29.2. The molecule has 1 fully saturated rings. The van der Waals surface area contributed by atoms with Crippen LogP contribution in [0.25, 0.3) is 11.1 Å². The van der Waals surface area contributed by atoms with E-state index in [1.165, 1.54) is 131 Å². The largest absolute Gasteiger partial charge is 0.335 e. The van der Waals surface area contributed by atoms with E-state index >= 15 is 0 Å². The quantitative estimate of drug-likeness (QED) is 0.163. The van der Waals surface area contributed by atoms with Crippen molar-refractivity contribution in [3.8, 4) is 11.1 Å². The normalized spacial score (nSPS) is 24.4. The average Bonchev–Trinajstić information content (AvgIpc) is 1.97. The fraction of sp³-hybridized carbons (Fsp3) is 0.481. The fourth-order valence-electron chi connectivity index (χ4n) is 18.0. The number of aryl methyl sites for hydroxylation is 1. The molecule has 0 saturated heterocycles. The minimum absolute atomic E-state index is 0.00367. The van der Waals surface area contributed by atoms with Gasteiger partial charge >= 0.3 is 0 Å². The Hall–Kier alpha value is -5.74. The van der Waals surface area contributed by atoms with Gasteiger partial charge in [0.1, 0.15) is 0 Å². The van der Waals surface area contributed by atoms with Gasteiger partial charge in [0.25, 0.3) is 6.71 Å². The van der Waals surface area contributed by atoms with Crippen LogP contribution in [0.2, 0.25) is 0 Å². The maximum absolute atomic E-state index is 2.92. The van der Waals surface area contributed by atoms with Gasteiger partial charge in [0.05, 0.1) is 11.2 Å². The van der Waals surface area contributed by atoms with Crippen molar-refractivity contribution in [2.24, 2.45) is 16.7 Å². The second-order valence-corrected chi connectivity index (χ2v) is 33.0. The van der Waals surface area contributed by atoms with Gasteiger partial charge in [-0.05, 0) is 205 Å². The molecule has 3 unspecified atom stereocenters. The summed E-state index contributed by atoms with van der Waals surface area (Å²) in [5, 5.41) is 0. The molecule has 1 saturated carbocycles. The van der Waals surface area contributed by atoms with Gasteiger partial charge in [0.15, 0.2) is 0 Å². The molecule has 420 valence electrons. The summed E-state index contributed by atoms with van der Waals surface area (Å²) < 4.78 is 0. The molecule has 0 radical (unpaired) electrons. The molecule has 0 bridgehead atoms. The standard InChI is InChI=1S/C77H94BN3/c1-47-36-49(69(2,3)4)28-31-61(47)79-64-43-56-54(72(11,12)45-74(56,15)16)41-59(64)78-60-42-55-57(75(17,18)46-73(55,13)14)44-65(60)80(62-32-29-50(70(5,6)7)37-53(62)48-26-22-21-23-27-48)67-40-52(39-66(79)68(67)78)81-63-33-30-51(71(8,9)10)38-58(63)76(19)34-24-25-35-77(76,81)20/h21-23,26-33,36-37,39-44,51H,24-25,34-35,38,45-46H2,1-20H3. The summed E-state index contributed by atoms with van der Waals surface area (Å²) in [6.45, 7) is 49.3. The summed E-state index contributed by atoms with van der Waals surface area (Å²) in [7, 11) is 0. The smallest absolute Gasteiger partial charge is 0.252 e. The Bertz CT molecular complexity index is 3710. The second-order valence-electron chi connectivity index (χ2n) is 33.0. The van der Waals surface area contributed by atoms with Crippen LogP contribution in [0.3, 0.4) is 0 Å². The Kier molecular flexibility index (Phi) is 11.6. The van der Waals surface area contributed by atoms with Crippen LogP contribution in [-0.2, 0) is 32.5 Å². The Labute approximate surface area is 489 Å². The van der Waals surface area contributed by atoms with Gasteiger partial charge in [-0.1, -0.05) is 204 Å². The van der Waals surface area contributed by atoms with Crippen molar-refractivity contribution in [2.45, 2.75) is 221 Å². The molecule has 3 nitrogen and oxygen atoms in total. The van der Waals surface area contributed by atoms with Crippen LogP contribution in [0.5, 0.6) is 0 Å². The highest BCUT2D eigenvalue weighted by molar-refractivity contribution is 7.00. The van der Waals surface area contributed by atoms with Crippen molar-refractivity contribution in [1.29, 1.82) is 0 Å². The van der Waals surface area contributed by atoms with Crippen LogP contribution < -0.4 is 31.1 Å². The predicted octanol–water partition coefficient (Wildman–Crippen LogP) is 19.3. The third kappa shape index (κ3) is 7.92. The Morgan fingerprint density at radius 2 is 1.00 bits per heavy atom. The minimum Gasteiger partial charge on any atom is -0.335 e. The van der Waals surface area contributed by atoms with Gasteiger partial charge in [0.2, 0.25) is 0 Å². The maximum atomic E-state index is 2.92. The number of benzene rings is 6. The number of rotatable bonds is 4. The van der Waals surface area contributed by atoms with Gasteiger partial charge in [-0.2, -0.15) is 0 Å². The first-order chi connectivity index (χ1) is 37.7. The van der Waals surface area contributed by atoms with Crippen LogP contribution in [0.4, 0.5) is 39.8 Å². The third-order valence-corrected chi connectivity index (χ3v) is 22.3. The zero-order valence-electron chi connectivity index (χ0n) is 53.4. The zero-order valence-corrected chi connectivity index (χ0v) is 53.4. The van der Waals surface area contributed by atoms with Crippen LogP contribution in [0, 0.1) is 23.7 Å². The molecule has 0 N–H and O–H groups in total. The molecular weight excluding hydrogens is 978 g/mol. The molecule has 4 aliphatic carbocycles. The highest BCUT2D eigenvalue weighted by Gasteiger charge is 2.60. The molecule has 0 aromatic heterocycles. The van der Waals surface area contributed by atoms with Gasteiger partial charge in [0, 0.05) is 50.8 Å². The van der Waals surface area contributed by atoms with Gasteiger partial charge in [-0.15, -0.1) is 0 Å². The van der Waals surface area contributed by atoms with Crippen molar-refractivity contribution in [3.63, 3.8) is 0 Å². The summed E-state index contributed by atoms with van der Waals surface area (Å²) in [5.74, 6) is 0.488. The molecule has 6 aromatic rings. The second kappa shape index (κ2) is 17.2. The molecule has 7 aliphatic rings. The van der Waals surface area contributed by atoms with E-state index in [9.17, 15) is 0 Å². The van der Waals surface area contributed by atoms with Gasteiger partial charge in [-0.3, -0.25) is 0 Å². The number of allylic oxidation sites excluding steroid dienone is 2. The summed E-state index contributed by atoms with van der Waals surface area (Å²) in [6, 6.07) is 42.5. The highest BCUT2D eigenvalue weighted by atomic mass is 15.3. The molecule has 81 heavy (non-hydrogen) atoms. The average molecular weight is 1070 g/mol. The summed E-state index contributed by atoms with van der Waals surface area (Å²) in [4.78, 5) is 8.50. The molecule has 3 heterocycles. The van der Waals surface area contributed by atoms with E-state index in [-0.39, 0.29) is 55.6 Å². The summed E-state index contributed by atoms with van der Waals surface area (Å²) in [6.07, 6.45) is 13.4. The topological polar surface area (TPSA) is 9.72 Å². The Balaban J connectivity index is 1.21. The molecule has 0 amide bonds. The lowest BCUT2D eigenvalue weighted by molar-refractivity contribution is 0.140. The first-order valence-electron chi connectivity index (χ1n) is 31.4. The highest BCUT2D eigenvalue weighted by Crippen LogP contribution is 2.65. The Morgan fingerprint density at radius 1 is 0.506 bits per heavy atom. The molecule has 6 aromatic carbocycles. The Morgan fingerprint density at radius 3 is 1.52 bits per heavy atom. The number of fused-ring (bicyclic) bond motifs is 8. The summed E-state index contributed by atoms with van der Waals surface area (Å²) >= 11 is 0. The molecule has 0 spiro atoms. The minimum atomic E-state index is -0.122. The fourth-order valence-corrected chi connectivity index (χ4v) is 18.0. The number of hydrogen-bond acceptors (Lipinski definition) is 3. The number of hydrogen-bond donors (Lipinski definition) is 0. The van der Waals surface area contributed by atoms with Crippen LogP contribution in [0.15, 0.2) is 127 Å². The number of anilines is 7.